The van der Waals surface area contributed by atoms with Gasteiger partial charge in [-0.15, -0.1) is 11.3 Å². The number of rotatable bonds is 5. The van der Waals surface area contributed by atoms with Gasteiger partial charge in [-0.05, 0) is 24.6 Å². The van der Waals surface area contributed by atoms with Crippen LogP contribution in [0.25, 0.3) is 0 Å². The third kappa shape index (κ3) is 4.10. The lowest BCUT2D eigenvalue weighted by molar-refractivity contribution is 0.0790. The highest BCUT2D eigenvalue weighted by molar-refractivity contribution is 7.14. The summed E-state index contributed by atoms with van der Waals surface area (Å²) in [6.07, 6.45) is 0.825. The van der Waals surface area contributed by atoms with E-state index in [1.54, 1.807) is 7.05 Å². The maximum absolute atomic E-state index is 13.1. The van der Waals surface area contributed by atoms with Gasteiger partial charge in [-0.3, -0.25) is 14.9 Å². The zero-order valence-corrected chi connectivity index (χ0v) is 13.4. The molecule has 23 heavy (non-hydrogen) atoms. The highest BCUT2D eigenvalue weighted by Crippen LogP contribution is 2.18. The Morgan fingerprint density at radius 3 is 2.70 bits per heavy atom. The number of benzene rings is 1. The van der Waals surface area contributed by atoms with Crippen molar-refractivity contribution in [2.75, 3.05) is 18.9 Å². The van der Waals surface area contributed by atoms with Crippen LogP contribution in [-0.4, -0.2) is 35.3 Å². The van der Waals surface area contributed by atoms with Gasteiger partial charge in [0.15, 0.2) is 16.8 Å². The first-order valence-electron chi connectivity index (χ1n) is 6.89. The molecule has 0 spiro atoms. The lowest BCUT2D eigenvalue weighted by Gasteiger charge is -2.13. The van der Waals surface area contributed by atoms with Gasteiger partial charge in [-0.1, -0.05) is 6.92 Å². The summed E-state index contributed by atoms with van der Waals surface area (Å²) in [5.74, 6) is -2.99. The first-order chi connectivity index (χ1) is 10.9. The van der Waals surface area contributed by atoms with Crippen LogP contribution in [0.15, 0.2) is 23.6 Å². The molecule has 122 valence electrons. The molecule has 1 aromatic carbocycles. The molecule has 0 fully saturated rings. The van der Waals surface area contributed by atoms with Crippen LogP contribution in [0.5, 0.6) is 0 Å². The van der Waals surface area contributed by atoms with Gasteiger partial charge in [-0.25, -0.2) is 13.8 Å². The van der Waals surface area contributed by atoms with E-state index < -0.39 is 17.5 Å². The highest BCUT2D eigenvalue weighted by atomic mass is 32.1. The molecule has 0 saturated heterocycles. The zero-order chi connectivity index (χ0) is 17.0. The van der Waals surface area contributed by atoms with Crippen molar-refractivity contribution in [3.05, 3.63) is 46.5 Å². The normalized spacial score (nSPS) is 10.4. The molecule has 0 aliphatic carbocycles. The fourth-order valence-electron chi connectivity index (χ4n) is 1.87. The Labute approximate surface area is 136 Å². The van der Waals surface area contributed by atoms with Gasteiger partial charge in [-0.2, -0.15) is 0 Å². The molecule has 1 heterocycles. The van der Waals surface area contributed by atoms with E-state index in [-0.39, 0.29) is 22.3 Å². The Bertz CT molecular complexity index is 733. The number of halogens is 2. The quantitative estimate of drug-likeness (QED) is 0.910. The molecule has 1 N–H and O–H groups in total. The molecule has 2 amide bonds. The monoisotopic (exact) mass is 339 g/mol. The topological polar surface area (TPSA) is 62.3 Å². The highest BCUT2D eigenvalue weighted by Gasteiger charge is 2.16. The SMILES string of the molecule is CCCN(C)C(=O)c1csc(NC(=O)c2ccc(F)c(F)c2)n1. The largest absolute Gasteiger partial charge is 0.340 e. The lowest BCUT2D eigenvalue weighted by Crippen LogP contribution is -2.27. The van der Waals surface area contributed by atoms with Gasteiger partial charge in [0, 0.05) is 24.5 Å². The fourth-order valence-corrected chi connectivity index (χ4v) is 2.55. The standard InChI is InChI=1S/C15H15F2N3O2S/c1-3-6-20(2)14(22)12-8-23-15(18-12)19-13(21)9-4-5-10(16)11(17)7-9/h4-5,7-8H,3,6H2,1-2H3,(H,18,19,21). The van der Waals surface area contributed by atoms with E-state index in [1.807, 2.05) is 6.92 Å². The Kier molecular flexibility index (Phi) is 5.38. The Hall–Kier alpha value is -2.35. The molecule has 0 aliphatic rings. The van der Waals surface area contributed by atoms with Crippen LogP contribution in [0.2, 0.25) is 0 Å². The molecule has 0 saturated carbocycles. The van der Waals surface area contributed by atoms with E-state index in [1.165, 1.54) is 16.3 Å². The number of anilines is 1. The van der Waals surface area contributed by atoms with Gasteiger partial charge >= 0.3 is 0 Å². The minimum Gasteiger partial charge on any atom is -0.340 e. The number of hydrogen-bond donors (Lipinski definition) is 1. The zero-order valence-electron chi connectivity index (χ0n) is 12.6. The van der Waals surface area contributed by atoms with Crippen molar-refractivity contribution in [3.8, 4) is 0 Å². The Balaban J connectivity index is 2.07. The number of aromatic nitrogens is 1. The van der Waals surface area contributed by atoms with Crippen molar-refractivity contribution < 1.29 is 18.4 Å². The van der Waals surface area contributed by atoms with E-state index in [9.17, 15) is 18.4 Å². The minimum atomic E-state index is -1.10. The van der Waals surface area contributed by atoms with Gasteiger partial charge in [0.25, 0.3) is 11.8 Å². The fraction of sp³-hybridized carbons (Fsp3) is 0.267. The first kappa shape index (κ1) is 17.0. The van der Waals surface area contributed by atoms with Crippen LogP contribution in [0.1, 0.15) is 34.2 Å². The Morgan fingerprint density at radius 2 is 2.04 bits per heavy atom. The van der Waals surface area contributed by atoms with E-state index in [0.29, 0.717) is 6.54 Å². The van der Waals surface area contributed by atoms with Crippen LogP contribution in [0, 0.1) is 11.6 Å². The molecule has 2 aromatic rings. The summed E-state index contributed by atoms with van der Waals surface area (Å²) in [5.41, 5.74) is 0.196. The van der Waals surface area contributed by atoms with Crippen molar-refractivity contribution >= 4 is 28.3 Å². The second-order valence-electron chi connectivity index (χ2n) is 4.85. The maximum Gasteiger partial charge on any atom is 0.273 e. The smallest absolute Gasteiger partial charge is 0.273 e. The number of thiazole rings is 1. The van der Waals surface area contributed by atoms with E-state index in [2.05, 4.69) is 10.3 Å². The average Bonchev–Trinajstić information content (AvgIpc) is 2.97. The van der Waals surface area contributed by atoms with Gasteiger partial charge in [0.05, 0.1) is 0 Å². The molecule has 0 atom stereocenters. The molecule has 0 radical (unpaired) electrons. The number of carbonyl (C=O) groups is 2. The third-order valence-electron chi connectivity index (χ3n) is 3.03. The third-order valence-corrected chi connectivity index (χ3v) is 3.79. The van der Waals surface area contributed by atoms with Crippen molar-refractivity contribution in [1.82, 2.24) is 9.88 Å². The molecular formula is C15H15F2N3O2S. The van der Waals surface area contributed by atoms with Crippen LogP contribution < -0.4 is 5.32 Å². The van der Waals surface area contributed by atoms with Crippen molar-refractivity contribution in [3.63, 3.8) is 0 Å². The molecule has 0 aliphatic heterocycles. The second kappa shape index (κ2) is 7.28. The first-order valence-corrected chi connectivity index (χ1v) is 7.77. The predicted octanol–water partition coefficient (Wildman–Crippen LogP) is 3.16. The number of carbonyl (C=O) groups excluding carboxylic acids is 2. The van der Waals surface area contributed by atoms with E-state index in [0.717, 1.165) is 29.9 Å². The van der Waals surface area contributed by atoms with Gasteiger partial charge in [0.2, 0.25) is 0 Å². The second-order valence-corrected chi connectivity index (χ2v) is 5.71. The van der Waals surface area contributed by atoms with Gasteiger partial charge in [0.1, 0.15) is 5.69 Å². The lowest BCUT2D eigenvalue weighted by atomic mass is 10.2. The van der Waals surface area contributed by atoms with Gasteiger partial charge < -0.3 is 4.90 Å². The predicted molar refractivity (Wildman–Crippen MR) is 83.7 cm³/mol. The molecule has 5 nitrogen and oxygen atoms in total. The molecular weight excluding hydrogens is 324 g/mol. The van der Waals surface area contributed by atoms with Crippen LogP contribution >= 0.6 is 11.3 Å². The van der Waals surface area contributed by atoms with Crippen LogP contribution in [-0.2, 0) is 0 Å². The maximum atomic E-state index is 13.1. The van der Waals surface area contributed by atoms with E-state index in [4.69, 9.17) is 0 Å². The van der Waals surface area contributed by atoms with E-state index >= 15 is 0 Å². The molecule has 1 aromatic heterocycles. The number of hydrogen-bond acceptors (Lipinski definition) is 4. The summed E-state index contributed by atoms with van der Waals surface area (Å²) in [6.45, 7) is 2.56. The number of amides is 2. The summed E-state index contributed by atoms with van der Waals surface area (Å²) in [5, 5.41) is 4.21. The average molecular weight is 339 g/mol. The summed E-state index contributed by atoms with van der Waals surface area (Å²) < 4.78 is 26.0. The summed E-state index contributed by atoms with van der Waals surface area (Å²) >= 11 is 1.09. The number of nitrogens with zero attached hydrogens (tertiary/aromatic N) is 2. The van der Waals surface area contributed by atoms with Crippen LogP contribution in [0.4, 0.5) is 13.9 Å². The minimum absolute atomic E-state index is 0.0323. The molecule has 8 heteroatoms. The van der Waals surface area contributed by atoms with Crippen LogP contribution in [0.3, 0.4) is 0 Å². The summed E-state index contributed by atoms with van der Waals surface area (Å²) in [7, 11) is 1.67. The number of nitrogens with one attached hydrogen (secondary N) is 1. The van der Waals surface area contributed by atoms with Crippen molar-refractivity contribution in [1.29, 1.82) is 0 Å². The summed E-state index contributed by atoms with van der Waals surface area (Å²) in [4.78, 5) is 29.6. The van der Waals surface area contributed by atoms with Crippen molar-refractivity contribution in [2.24, 2.45) is 0 Å². The molecule has 0 unspecified atom stereocenters. The molecule has 2 rings (SSSR count). The summed E-state index contributed by atoms with van der Waals surface area (Å²) in [6, 6.07) is 2.85. The van der Waals surface area contributed by atoms with Crippen molar-refractivity contribution in [2.45, 2.75) is 13.3 Å². The molecule has 0 bridgehead atoms. The Morgan fingerprint density at radius 1 is 1.30 bits per heavy atom.